The van der Waals surface area contributed by atoms with Crippen LogP contribution < -0.4 is 5.69 Å². The van der Waals surface area contributed by atoms with Gasteiger partial charge in [0.05, 0.1) is 12.6 Å². The lowest BCUT2D eigenvalue weighted by Gasteiger charge is -2.17. The lowest BCUT2D eigenvalue weighted by Crippen LogP contribution is -2.31. The highest BCUT2D eigenvalue weighted by Gasteiger charge is 2.25. The van der Waals surface area contributed by atoms with Crippen LogP contribution in [0.3, 0.4) is 0 Å². The summed E-state index contributed by atoms with van der Waals surface area (Å²) in [6.07, 6.45) is 5.40. The highest BCUT2D eigenvalue weighted by Crippen LogP contribution is 2.33. The van der Waals surface area contributed by atoms with E-state index in [9.17, 15) is 4.79 Å². The summed E-state index contributed by atoms with van der Waals surface area (Å²) in [6, 6.07) is 14.9. The van der Waals surface area contributed by atoms with Crippen molar-refractivity contribution in [2.45, 2.75) is 55.5 Å². The van der Waals surface area contributed by atoms with Crippen molar-refractivity contribution in [1.29, 1.82) is 0 Å². The maximum Gasteiger partial charge on any atom is 0.348 e. The predicted octanol–water partition coefficient (Wildman–Crippen LogP) is 4.36. The van der Waals surface area contributed by atoms with Crippen molar-refractivity contribution in [3.05, 3.63) is 69.8 Å². The molecule has 0 bridgehead atoms. The molecule has 5 rings (SSSR count). The van der Waals surface area contributed by atoms with Crippen LogP contribution in [0.15, 0.2) is 52.3 Å². The summed E-state index contributed by atoms with van der Waals surface area (Å²) in [5, 5.41) is 3.46. The van der Waals surface area contributed by atoms with Crippen LogP contribution in [0.4, 0.5) is 0 Å². The average Bonchev–Trinajstić information content (AvgIpc) is 3.41. The van der Waals surface area contributed by atoms with Gasteiger partial charge in [0.1, 0.15) is 5.03 Å². The van der Waals surface area contributed by atoms with E-state index in [-0.39, 0.29) is 11.8 Å². The Bertz CT molecular complexity index is 1060. The minimum atomic E-state index is -0.114. The lowest BCUT2D eigenvalue weighted by molar-refractivity contribution is 0.0950. The molecule has 0 N–H and O–H groups in total. The number of hydrogen-bond acceptors (Lipinski definition) is 4. The molecule has 2 aromatic carbocycles. The van der Waals surface area contributed by atoms with Gasteiger partial charge in [0.25, 0.3) is 0 Å². The highest BCUT2D eigenvalue weighted by atomic mass is 32.2. The van der Waals surface area contributed by atoms with E-state index in [1.807, 2.05) is 4.57 Å². The molecule has 1 aliphatic carbocycles. The first kappa shape index (κ1) is 18.0. The molecular weight excluding hydrogens is 368 g/mol. The van der Waals surface area contributed by atoms with Crippen molar-refractivity contribution in [3.63, 3.8) is 0 Å². The van der Waals surface area contributed by atoms with Gasteiger partial charge in [0.15, 0.2) is 0 Å². The number of benzene rings is 2. The molecule has 3 aromatic rings. The van der Waals surface area contributed by atoms with Gasteiger partial charge in [-0.05, 0) is 48.4 Å². The fourth-order valence-electron chi connectivity index (χ4n) is 4.45. The molecule has 0 spiro atoms. The van der Waals surface area contributed by atoms with Crippen molar-refractivity contribution < 1.29 is 4.74 Å². The summed E-state index contributed by atoms with van der Waals surface area (Å²) in [6.45, 7) is 1.47. The number of hydrogen-bond donors (Lipinski definition) is 0. The van der Waals surface area contributed by atoms with Crippen LogP contribution in [-0.4, -0.2) is 22.3 Å². The van der Waals surface area contributed by atoms with Crippen molar-refractivity contribution in [2.75, 3.05) is 6.61 Å². The fraction of sp³-hybridized carbons (Fsp3) is 0.391. The predicted molar refractivity (Wildman–Crippen MR) is 113 cm³/mol. The Morgan fingerprint density at radius 2 is 2.00 bits per heavy atom. The molecule has 2 aliphatic rings. The summed E-state index contributed by atoms with van der Waals surface area (Å²) in [4.78, 5) is 17.3. The Morgan fingerprint density at radius 1 is 1.11 bits per heavy atom. The van der Waals surface area contributed by atoms with Gasteiger partial charge in [-0.15, -0.1) is 11.8 Å². The maximum atomic E-state index is 12.8. The summed E-state index contributed by atoms with van der Waals surface area (Å²) in [5.74, 6) is 0.829. The second-order valence-corrected chi connectivity index (χ2v) is 8.61. The van der Waals surface area contributed by atoms with Gasteiger partial charge < -0.3 is 4.74 Å². The van der Waals surface area contributed by atoms with Crippen LogP contribution in [0.1, 0.15) is 36.1 Å². The zero-order valence-electron chi connectivity index (χ0n) is 15.9. The minimum Gasteiger partial charge on any atom is -0.376 e. The largest absolute Gasteiger partial charge is 0.376 e. The maximum absolute atomic E-state index is 12.8. The Labute approximate surface area is 168 Å². The van der Waals surface area contributed by atoms with Crippen molar-refractivity contribution in [3.8, 4) is 0 Å². The summed E-state index contributed by atoms with van der Waals surface area (Å²) in [5.41, 5.74) is 3.65. The van der Waals surface area contributed by atoms with E-state index in [4.69, 9.17) is 4.74 Å². The molecule has 1 atom stereocenters. The van der Waals surface area contributed by atoms with Gasteiger partial charge in [0, 0.05) is 23.6 Å². The molecule has 0 radical (unpaired) electrons. The van der Waals surface area contributed by atoms with Crippen LogP contribution in [0.25, 0.3) is 10.8 Å². The average molecular weight is 393 g/mol. The minimum absolute atomic E-state index is 0.114. The highest BCUT2D eigenvalue weighted by molar-refractivity contribution is 7.98. The number of aromatic nitrogens is 2. The summed E-state index contributed by atoms with van der Waals surface area (Å²) < 4.78 is 7.64. The van der Waals surface area contributed by atoms with E-state index < -0.39 is 0 Å². The summed E-state index contributed by atoms with van der Waals surface area (Å²) >= 11 is 1.70. The van der Waals surface area contributed by atoms with E-state index in [0.29, 0.717) is 6.54 Å². The summed E-state index contributed by atoms with van der Waals surface area (Å²) in [7, 11) is 0. The van der Waals surface area contributed by atoms with E-state index in [2.05, 4.69) is 47.4 Å². The zero-order valence-corrected chi connectivity index (χ0v) is 16.7. The van der Waals surface area contributed by atoms with Crippen LogP contribution in [0.5, 0.6) is 0 Å². The molecule has 4 nitrogen and oxygen atoms in total. The lowest BCUT2D eigenvalue weighted by atomic mass is 10.1. The number of rotatable bonds is 5. The Kier molecular flexibility index (Phi) is 4.95. The third-order valence-electron chi connectivity index (χ3n) is 5.86. The topological polar surface area (TPSA) is 44.1 Å². The molecule has 144 valence electrons. The standard InChI is InChI=1S/C23H24N2O2S/c26-23-24-22(28-15-17-8-3-7-16-6-1-2-10-19(16)17)20-11-4-12-21(20)25(23)14-18-9-5-13-27-18/h1-3,6-8,10,18H,4-5,9,11-15H2/t18-/m1/s1. The first-order chi connectivity index (χ1) is 13.8. The third-order valence-corrected chi connectivity index (χ3v) is 6.92. The molecule has 1 aliphatic heterocycles. The van der Waals surface area contributed by atoms with E-state index in [0.717, 1.165) is 49.5 Å². The Balaban J connectivity index is 1.43. The Morgan fingerprint density at radius 3 is 2.89 bits per heavy atom. The second-order valence-electron chi connectivity index (χ2n) is 7.65. The van der Waals surface area contributed by atoms with Gasteiger partial charge in [0.2, 0.25) is 0 Å². The normalized spacial score (nSPS) is 18.6. The first-order valence-electron chi connectivity index (χ1n) is 10.1. The van der Waals surface area contributed by atoms with E-state index in [1.165, 1.54) is 27.6 Å². The first-order valence-corrected chi connectivity index (χ1v) is 11.1. The van der Waals surface area contributed by atoms with Crippen LogP contribution in [-0.2, 0) is 29.9 Å². The smallest absolute Gasteiger partial charge is 0.348 e. The molecular formula is C23H24N2O2S. The van der Waals surface area contributed by atoms with Crippen molar-refractivity contribution in [1.82, 2.24) is 9.55 Å². The zero-order chi connectivity index (χ0) is 18.9. The van der Waals surface area contributed by atoms with Crippen LogP contribution in [0, 0.1) is 0 Å². The molecule has 0 amide bonds. The number of ether oxygens (including phenoxy) is 1. The second kappa shape index (κ2) is 7.72. The van der Waals surface area contributed by atoms with Gasteiger partial charge in [-0.25, -0.2) is 4.79 Å². The van der Waals surface area contributed by atoms with E-state index >= 15 is 0 Å². The van der Waals surface area contributed by atoms with Gasteiger partial charge >= 0.3 is 5.69 Å². The van der Waals surface area contributed by atoms with Crippen LogP contribution in [0.2, 0.25) is 0 Å². The molecule has 1 fully saturated rings. The molecule has 5 heteroatoms. The van der Waals surface area contributed by atoms with Gasteiger partial charge in [-0.2, -0.15) is 4.98 Å². The van der Waals surface area contributed by atoms with Crippen molar-refractivity contribution in [2.24, 2.45) is 0 Å². The van der Waals surface area contributed by atoms with E-state index in [1.54, 1.807) is 11.8 Å². The monoisotopic (exact) mass is 392 g/mol. The third kappa shape index (κ3) is 3.38. The SMILES string of the molecule is O=c1nc(SCc2cccc3ccccc23)c2c(n1C[C@H]1CCCO1)CCC2. The molecule has 2 heterocycles. The van der Waals surface area contributed by atoms with Crippen LogP contribution >= 0.6 is 11.8 Å². The number of nitrogens with zero attached hydrogens (tertiary/aromatic N) is 2. The van der Waals surface area contributed by atoms with Gasteiger partial charge in [-0.3, -0.25) is 4.57 Å². The molecule has 0 saturated carbocycles. The Hall–Kier alpha value is -2.11. The molecule has 0 unspecified atom stereocenters. The number of fused-ring (bicyclic) bond motifs is 2. The quantitative estimate of drug-likeness (QED) is 0.478. The molecule has 28 heavy (non-hydrogen) atoms. The van der Waals surface area contributed by atoms with Crippen molar-refractivity contribution >= 4 is 22.5 Å². The van der Waals surface area contributed by atoms with Gasteiger partial charge in [-0.1, -0.05) is 42.5 Å². The number of thioether (sulfide) groups is 1. The fourth-order valence-corrected chi connectivity index (χ4v) is 5.53. The molecule has 1 aromatic heterocycles. The molecule has 1 saturated heterocycles.